The number of methoxy groups -OCH3 is 2. The van der Waals surface area contributed by atoms with Gasteiger partial charge in [-0.3, -0.25) is 0 Å². The molecule has 12 nitrogen and oxygen atoms in total. The predicted molar refractivity (Wildman–Crippen MR) is 412 cm³/mol. The minimum Gasteiger partial charge on any atom is -0.399 e. The van der Waals surface area contributed by atoms with Gasteiger partial charge in [0.1, 0.15) is 23.3 Å². The highest BCUT2D eigenvalue weighted by atomic mass is 79.9. The third-order valence-electron chi connectivity index (χ3n) is 21.1. The minimum atomic E-state index is -0.762. The van der Waals surface area contributed by atoms with Gasteiger partial charge in [-0.05, 0) is 199 Å². The maximum absolute atomic E-state index is 16.3. The van der Waals surface area contributed by atoms with Gasteiger partial charge in [0.15, 0.2) is 0 Å². The summed E-state index contributed by atoms with van der Waals surface area (Å²) < 4.78 is 125. The topological polar surface area (TPSA) is 98.8 Å². The molecule has 1 aliphatic heterocycles. The first kappa shape index (κ1) is 78.3. The van der Waals surface area contributed by atoms with Crippen molar-refractivity contribution in [1.82, 2.24) is 0 Å². The van der Waals surface area contributed by atoms with E-state index >= 15 is 17.6 Å². The molecule has 0 radical (unpaired) electrons. The van der Waals surface area contributed by atoms with Crippen molar-refractivity contribution in [3.8, 4) is 33.4 Å². The Bertz CT molecular complexity index is 4010. The molecule has 0 aromatic heterocycles. The molecule has 8 aromatic carbocycles. The molecule has 0 amide bonds. The summed E-state index contributed by atoms with van der Waals surface area (Å²) in [4.78, 5) is 3.95. The van der Waals surface area contributed by atoms with Crippen molar-refractivity contribution >= 4 is 62.6 Å². The van der Waals surface area contributed by atoms with Crippen molar-refractivity contribution < 1.29 is 64.8 Å². The lowest BCUT2D eigenvalue weighted by Gasteiger charge is -2.35. The van der Waals surface area contributed by atoms with Crippen LogP contribution in [0, 0.1) is 23.3 Å². The second kappa shape index (κ2) is 36.7. The molecule has 11 rings (SSSR count). The van der Waals surface area contributed by atoms with E-state index in [2.05, 4.69) is 142 Å². The zero-order chi connectivity index (χ0) is 73.3. The molecule has 0 N–H and O–H groups in total. The molecule has 18 heteroatoms. The van der Waals surface area contributed by atoms with Crippen LogP contribution in [0.15, 0.2) is 162 Å². The van der Waals surface area contributed by atoms with Gasteiger partial charge in [0.05, 0.1) is 102 Å². The number of nitrogens with zero attached hydrogens (tertiary/aromatic N) is 2. The van der Waals surface area contributed by atoms with Gasteiger partial charge >= 0.3 is 7.12 Å². The molecule has 3 aliphatic rings. The van der Waals surface area contributed by atoms with E-state index in [0.29, 0.717) is 122 Å². The number of anilines is 6. The van der Waals surface area contributed by atoms with Crippen LogP contribution < -0.4 is 15.3 Å². The third-order valence-corrected chi connectivity index (χ3v) is 21.7. The van der Waals surface area contributed by atoms with Gasteiger partial charge in [0.2, 0.25) is 0 Å². The Kier molecular flexibility index (Phi) is 27.6. The van der Waals surface area contributed by atoms with Crippen LogP contribution in [0.3, 0.4) is 0 Å². The summed E-state index contributed by atoms with van der Waals surface area (Å²) in [7, 11) is 2.64. The summed E-state index contributed by atoms with van der Waals surface area (Å²) in [5, 5.41) is 0. The number of hydrogen-bond donors (Lipinski definition) is 0. The zero-order valence-electron chi connectivity index (χ0n) is 61.8. The van der Waals surface area contributed by atoms with E-state index in [-0.39, 0.29) is 0 Å². The van der Waals surface area contributed by atoms with Crippen molar-refractivity contribution in [1.29, 1.82) is 0 Å². The fourth-order valence-corrected chi connectivity index (χ4v) is 15.4. The van der Waals surface area contributed by atoms with Gasteiger partial charge in [0, 0.05) is 77.6 Å². The Morgan fingerprint density at radius 1 is 0.346 bits per heavy atom. The van der Waals surface area contributed by atoms with E-state index in [9.17, 15) is 0 Å². The number of hydrogen-bond acceptors (Lipinski definition) is 12. The van der Waals surface area contributed by atoms with Crippen LogP contribution >= 0.6 is 15.9 Å². The number of unbranched alkanes of at least 4 members (excludes halogenated alkanes) is 6. The maximum Gasteiger partial charge on any atom is 0.494 e. The van der Waals surface area contributed by atoms with Crippen molar-refractivity contribution in [2.24, 2.45) is 0 Å². The van der Waals surface area contributed by atoms with E-state index < -0.39 is 52.4 Å². The van der Waals surface area contributed by atoms with Crippen molar-refractivity contribution in [2.45, 2.75) is 141 Å². The predicted octanol–water partition coefficient (Wildman–Crippen LogP) is 20.6. The largest absolute Gasteiger partial charge is 0.494 e. The smallest absolute Gasteiger partial charge is 0.399 e. The first-order valence-electron chi connectivity index (χ1n) is 37.2. The Hall–Kier alpha value is -6.78. The van der Waals surface area contributed by atoms with Crippen molar-refractivity contribution in [3.63, 3.8) is 0 Å². The highest BCUT2D eigenvalue weighted by Gasteiger charge is 2.53. The lowest BCUT2D eigenvalue weighted by molar-refractivity contribution is -0.00195. The maximum atomic E-state index is 16.3. The molecule has 0 spiro atoms. The van der Waals surface area contributed by atoms with Gasteiger partial charge in [-0.2, -0.15) is 0 Å². The first-order valence-corrected chi connectivity index (χ1v) is 38.0. The van der Waals surface area contributed by atoms with Crippen LogP contribution in [0.1, 0.15) is 141 Å². The molecule has 2 aliphatic carbocycles. The third kappa shape index (κ3) is 18.4. The Labute approximate surface area is 622 Å². The summed E-state index contributed by atoms with van der Waals surface area (Å²) in [5.41, 5.74) is 12.5. The van der Waals surface area contributed by atoms with Crippen LogP contribution in [-0.4, -0.2) is 125 Å². The Morgan fingerprint density at radius 3 is 1.06 bits per heavy atom. The highest BCUT2D eigenvalue weighted by molar-refractivity contribution is 9.10. The van der Waals surface area contributed by atoms with Crippen molar-refractivity contribution in [3.05, 3.63) is 208 Å². The van der Waals surface area contributed by atoms with E-state index in [4.69, 9.17) is 47.2 Å². The number of rotatable bonds is 42. The molecule has 0 atom stereocenters. The molecular formula is C86H102BBrF4N2O10. The first-order chi connectivity index (χ1) is 50.4. The van der Waals surface area contributed by atoms with Gasteiger partial charge in [0.25, 0.3) is 0 Å². The fraction of sp³-hybridized carbons (Fsp3) is 0.442. The molecule has 8 aromatic rings. The van der Waals surface area contributed by atoms with Gasteiger partial charge in [-0.1, -0.05) is 142 Å². The molecule has 1 saturated heterocycles. The van der Waals surface area contributed by atoms with E-state index in [0.717, 1.165) is 159 Å². The second-order valence-electron chi connectivity index (χ2n) is 28.5. The van der Waals surface area contributed by atoms with Gasteiger partial charge < -0.3 is 57.0 Å². The molecule has 1 heterocycles. The van der Waals surface area contributed by atoms with Crippen LogP contribution in [0.5, 0.6) is 0 Å². The van der Waals surface area contributed by atoms with E-state index in [1.165, 1.54) is 24.3 Å². The lowest BCUT2D eigenvalue weighted by Crippen LogP contribution is -2.41. The number of halogens is 5. The average Bonchev–Trinajstić information content (AvgIpc) is 1.56. The molecule has 0 unspecified atom stereocenters. The molecule has 1 fully saturated rings. The van der Waals surface area contributed by atoms with Crippen LogP contribution in [0.25, 0.3) is 33.4 Å². The number of benzene rings is 8. The molecule has 0 saturated carbocycles. The van der Waals surface area contributed by atoms with Gasteiger partial charge in [-0.15, -0.1) is 0 Å². The normalized spacial score (nSPS) is 15.0. The van der Waals surface area contributed by atoms with E-state index in [1.807, 2.05) is 46.2 Å². The second-order valence-corrected chi connectivity index (χ2v) is 29.4. The molecular weight excluding hydrogens is 1390 g/mol. The summed E-state index contributed by atoms with van der Waals surface area (Å²) in [6.45, 7) is 18.5. The lowest BCUT2D eigenvalue weighted by atomic mass is 9.70. The summed E-state index contributed by atoms with van der Waals surface area (Å²) in [5.74, 6) is -2.79. The standard InChI is InChI=1S/C86H102BBrF4N2O10/c1-9-11-13-15-33-85(34-16-14-12-10-2)80-58-70(93(73-54-65(89)52-66(90)55-73)69-24-19-62(20-25-69)61-17-22-64(88)23-18-61)26-30-77(80)78-32-28-71(59-81(78)85)94(74-56-67(91)53-68(92)57-74)72-27-31-76-75-29-21-63(87-103-83(3,4)84(5,6)104-87)51-79(75)86(82(76)60-72,35-37-97-43-45-101-49-47-99-41-39-95-7)36-38-98-44-46-102-50-48-100-42-40-96-8/h17-32,51-60H,9-16,33-50H2,1-8H3. The fourth-order valence-electron chi connectivity index (χ4n) is 15.1. The van der Waals surface area contributed by atoms with Crippen LogP contribution in [0.2, 0.25) is 0 Å². The van der Waals surface area contributed by atoms with Gasteiger partial charge in [-0.25, -0.2) is 17.6 Å². The Morgan fingerprint density at radius 2 is 0.673 bits per heavy atom. The zero-order valence-corrected chi connectivity index (χ0v) is 63.4. The SMILES string of the molecule is CCCCCCC1(CCCCCC)c2cc(N(c3ccc(-c4ccc(Br)cc4)cc3)c3cc(F)cc(F)c3)ccc2-c2ccc(N(c3cc(F)cc(F)c3)c3ccc4c(c3)C(CCOCCOCCOCCOC)(CCOCCOCCOCCOC)c3cc(B5OC(C)(C)C(C)(C)O5)ccc3-4)cc21. The monoisotopic (exact) mass is 1490 g/mol. The molecule has 0 bridgehead atoms. The Balaban J connectivity index is 1.03. The van der Waals surface area contributed by atoms with Crippen LogP contribution in [0.4, 0.5) is 51.7 Å². The number of fused-ring (bicyclic) bond motifs is 6. The number of ether oxygens (including phenoxy) is 8. The van der Waals surface area contributed by atoms with E-state index in [1.54, 1.807) is 14.2 Å². The molecule has 554 valence electrons. The van der Waals surface area contributed by atoms with Crippen LogP contribution in [-0.2, 0) is 58.0 Å². The summed E-state index contributed by atoms with van der Waals surface area (Å²) in [6.07, 6.45) is 10.9. The quantitative estimate of drug-likeness (QED) is 0.0207. The highest BCUT2D eigenvalue weighted by Crippen LogP contribution is 2.59. The average molecular weight is 1490 g/mol. The van der Waals surface area contributed by atoms with Crippen molar-refractivity contribution in [2.75, 3.05) is 117 Å². The molecule has 104 heavy (non-hydrogen) atoms. The summed E-state index contributed by atoms with van der Waals surface area (Å²) >= 11 is 3.57. The minimum absolute atomic E-state index is 0.310. The summed E-state index contributed by atoms with van der Waals surface area (Å²) in [6, 6.07) is 49.6.